The number of carbonyl (C=O) groups excluding carboxylic acids is 1. The van der Waals surface area contributed by atoms with Gasteiger partial charge in [-0.05, 0) is 54.3 Å². The first kappa shape index (κ1) is 15.7. The third-order valence-corrected chi connectivity index (χ3v) is 5.88. The molecule has 0 radical (unpaired) electrons. The molecular weight excluding hydrogens is 352 g/mol. The van der Waals surface area contributed by atoms with Crippen molar-refractivity contribution in [2.45, 2.75) is 25.2 Å². The van der Waals surface area contributed by atoms with Gasteiger partial charge < -0.3 is 14.8 Å². The van der Waals surface area contributed by atoms with Crippen molar-refractivity contribution in [3.8, 4) is 11.5 Å². The maximum Gasteiger partial charge on any atom is 0.231 e. The fourth-order valence-corrected chi connectivity index (χ4v) is 4.62. The van der Waals surface area contributed by atoms with E-state index in [0.717, 1.165) is 63.3 Å². The summed E-state index contributed by atoms with van der Waals surface area (Å²) in [7, 11) is 0. The Bertz CT molecular complexity index is 1180. The van der Waals surface area contributed by atoms with Crippen LogP contribution >= 0.6 is 0 Å². The van der Waals surface area contributed by atoms with Gasteiger partial charge in [0.1, 0.15) is 0 Å². The molecule has 1 aromatic heterocycles. The van der Waals surface area contributed by atoms with Crippen molar-refractivity contribution in [1.29, 1.82) is 0 Å². The fraction of sp³-hybridized carbons (Fsp3) is 0.217. The lowest BCUT2D eigenvalue weighted by atomic mass is 9.75. The van der Waals surface area contributed by atoms with Crippen LogP contribution in [0.3, 0.4) is 0 Å². The zero-order chi connectivity index (χ0) is 18.7. The molecule has 1 N–H and O–H groups in total. The first-order valence-electron chi connectivity index (χ1n) is 9.60. The largest absolute Gasteiger partial charge is 0.454 e. The van der Waals surface area contributed by atoms with Crippen molar-refractivity contribution >= 4 is 22.4 Å². The summed E-state index contributed by atoms with van der Waals surface area (Å²) in [5.74, 6) is 1.61. The smallest absolute Gasteiger partial charge is 0.231 e. The van der Waals surface area contributed by atoms with E-state index in [4.69, 9.17) is 9.47 Å². The van der Waals surface area contributed by atoms with E-state index in [9.17, 15) is 4.79 Å². The number of anilines is 1. The minimum Gasteiger partial charge on any atom is -0.454 e. The first-order valence-corrected chi connectivity index (χ1v) is 9.60. The van der Waals surface area contributed by atoms with Crippen LogP contribution in [0, 0.1) is 0 Å². The normalized spacial score (nSPS) is 20.0. The van der Waals surface area contributed by atoms with Crippen LogP contribution in [0.15, 0.2) is 59.9 Å². The lowest BCUT2D eigenvalue weighted by Crippen LogP contribution is -2.27. The maximum absolute atomic E-state index is 13.0. The average Bonchev–Trinajstić information content (AvgIpc) is 3.20. The van der Waals surface area contributed by atoms with Crippen LogP contribution < -0.4 is 14.8 Å². The van der Waals surface area contributed by atoms with Crippen molar-refractivity contribution in [2.24, 2.45) is 0 Å². The Labute approximate surface area is 162 Å². The highest BCUT2D eigenvalue weighted by molar-refractivity contribution is 6.04. The van der Waals surface area contributed by atoms with E-state index in [0.29, 0.717) is 6.42 Å². The Balaban J connectivity index is 1.62. The Hall–Kier alpha value is -3.34. The molecule has 0 bridgehead atoms. The van der Waals surface area contributed by atoms with E-state index in [1.54, 1.807) is 0 Å². The van der Waals surface area contributed by atoms with Gasteiger partial charge in [-0.1, -0.05) is 12.1 Å². The van der Waals surface area contributed by atoms with Gasteiger partial charge in [0.05, 0.1) is 11.2 Å². The van der Waals surface area contributed by atoms with Gasteiger partial charge in [0, 0.05) is 35.2 Å². The Morgan fingerprint density at radius 1 is 1.04 bits per heavy atom. The van der Waals surface area contributed by atoms with Gasteiger partial charge >= 0.3 is 0 Å². The number of ketones is 1. The third kappa shape index (κ3) is 2.19. The molecule has 0 saturated heterocycles. The van der Waals surface area contributed by atoms with Gasteiger partial charge in [0.15, 0.2) is 17.3 Å². The van der Waals surface area contributed by atoms with E-state index >= 15 is 0 Å². The zero-order valence-corrected chi connectivity index (χ0v) is 15.2. The summed E-state index contributed by atoms with van der Waals surface area (Å²) in [4.78, 5) is 17.4. The van der Waals surface area contributed by atoms with Crippen LogP contribution in [0.4, 0.5) is 5.69 Å². The molecule has 2 aliphatic heterocycles. The number of aromatic nitrogens is 1. The van der Waals surface area contributed by atoms with Crippen molar-refractivity contribution in [3.05, 3.63) is 71.1 Å². The predicted octanol–water partition coefficient (Wildman–Crippen LogP) is 4.53. The van der Waals surface area contributed by atoms with E-state index in [-0.39, 0.29) is 18.5 Å². The molecule has 138 valence electrons. The molecule has 0 saturated carbocycles. The number of carbonyl (C=O) groups is 1. The number of hydrogen-bond acceptors (Lipinski definition) is 5. The van der Waals surface area contributed by atoms with Gasteiger partial charge in [0.2, 0.25) is 6.79 Å². The standard InChI is InChI=1S/C23H18N2O3/c26-18-5-1-4-17-22(18)21(13-6-9-19-20(11-13)28-12-27-19)15-7-8-16-14(23(15)25-17)3-2-10-24-16/h2-3,6-11,21,25H,1,4-5,12H2/t21-/m0/s1. The van der Waals surface area contributed by atoms with Crippen molar-refractivity contribution in [2.75, 3.05) is 12.1 Å². The zero-order valence-electron chi connectivity index (χ0n) is 15.2. The maximum atomic E-state index is 13.0. The topological polar surface area (TPSA) is 60.5 Å². The molecule has 0 amide bonds. The number of nitrogens with one attached hydrogen (secondary N) is 1. The SMILES string of the molecule is O=C1CCCC2=C1[C@@H](c1ccc3c(c1)OCO3)c1ccc3ncccc3c1N2. The van der Waals surface area contributed by atoms with E-state index < -0.39 is 0 Å². The number of rotatable bonds is 1. The lowest BCUT2D eigenvalue weighted by Gasteiger charge is -2.34. The van der Waals surface area contributed by atoms with Gasteiger partial charge in [-0.15, -0.1) is 0 Å². The minimum atomic E-state index is -0.113. The average molecular weight is 370 g/mol. The Morgan fingerprint density at radius 2 is 1.96 bits per heavy atom. The van der Waals surface area contributed by atoms with Crippen LogP contribution in [0.5, 0.6) is 11.5 Å². The van der Waals surface area contributed by atoms with Gasteiger partial charge in [-0.2, -0.15) is 0 Å². The molecule has 0 fully saturated rings. The summed E-state index contributed by atoms with van der Waals surface area (Å²) < 4.78 is 11.1. The van der Waals surface area contributed by atoms with Crippen molar-refractivity contribution in [3.63, 3.8) is 0 Å². The highest BCUT2D eigenvalue weighted by atomic mass is 16.7. The summed E-state index contributed by atoms with van der Waals surface area (Å²) in [6.07, 6.45) is 4.18. The Kier molecular flexibility index (Phi) is 3.27. The second-order valence-electron chi connectivity index (χ2n) is 7.44. The van der Waals surface area contributed by atoms with E-state index in [1.807, 2.05) is 36.5 Å². The monoisotopic (exact) mass is 370 g/mol. The second kappa shape index (κ2) is 5.83. The highest BCUT2D eigenvalue weighted by Gasteiger charge is 2.36. The molecule has 1 aliphatic carbocycles. The molecule has 28 heavy (non-hydrogen) atoms. The molecule has 3 aromatic rings. The van der Waals surface area contributed by atoms with Crippen LogP contribution in [0.1, 0.15) is 36.3 Å². The predicted molar refractivity (Wildman–Crippen MR) is 106 cm³/mol. The van der Waals surface area contributed by atoms with Crippen molar-refractivity contribution < 1.29 is 14.3 Å². The summed E-state index contributed by atoms with van der Waals surface area (Å²) in [5.41, 5.74) is 6.10. The summed E-state index contributed by atoms with van der Waals surface area (Å²) >= 11 is 0. The molecule has 0 spiro atoms. The number of allylic oxidation sites excluding steroid dienone is 2. The molecule has 2 aromatic carbocycles. The number of pyridine rings is 1. The molecular formula is C23H18N2O3. The van der Waals surface area contributed by atoms with Crippen molar-refractivity contribution in [1.82, 2.24) is 4.98 Å². The summed E-state index contributed by atoms with van der Waals surface area (Å²) in [6.45, 7) is 0.241. The van der Waals surface area contributed by atoms with Crippen LogP contribution in [-0.2, 0) is 4.79 Å². The van der Waals surface area contributed by atoms with Gasteiger partial charge in [0.25, 0.3) is 0 Å². The number of ether oxygens (including phenoxy) is 2. The molecule has 6 rings (SSSR count). The second-order valence-corrected chi connectivity index (χ2v) is 7.44. The number of benzene rings is 2. The summed E-state index contributed by atoms with van der Waals surface area (Å²) in [5, 5.41) is 4.67. The Morgan fingerprint density at radius 3 is 2.93 bits per heavy atom. The van der Waals surface area contributed by atoms with E-state index in [1.165, 1.54) is 0 Å². The highest BCUT2D eigenvalue weighted by Crippen LogP contribution is 2.48. The molecule has 1 atom stereocenters. The number of hydrogen-bond donors (Lipinski definition) is 1. The number of Topliss-reactive ketones (excluding diaryl/α,β-unsaturated/α-hetero) is 1. The molecule has 3 aliphatic rings. The third-order valence-electron chi connectivity index (χ3n) is 5.88. The first-order chi connectivity index (χ1) is 13.8. The van der Waals surface area contributed by atoms with Gasteiger partial charge in [-0.25, -0.2) is 0 Å². The number of fused-ring (bicyclic) bond motifs is 4. The molecule has 3 heterocycles. The molecule has 5 nitrogen and oxygen atoms in total. The molecule has 5 heteroatoms. The summed E-state index contributed by atoms with van der Waals surface area (Å²) in [6, 6.07) is 14.2. The van der Waals surface area contributed by atoms with Crippen LogP contribution in [-0.4, -0.2) is 17.6 Å². The number of nitrogens with zero attached hydrogens (tertiary/aromatic N) is 1. The van der Waals surface area contributed by atoms with Gasteiger partial charge in [-0.3, -0.25) is 9.78 Å². The van der Waals surface area contributed by atoms with E-state index in [2.05, 4.69) is 22.4 Å². The fourth-order valence-electron chi connectivity index (χ4n) is 4.62. The van der Waals surface area contributed by atoms with Crippen LogP contribution in [0.25, 0.3) is 10.9 Å². The molecule has 0 unspecified atom stereocenters. The minimum absolute atomic E-state index is 0.113. The van der Waals surface area contributed by atoms with Crippen LogP contribution in [0.2, 0.25) is 0 Å². The quantitative estimate of drug-likeness (QED) is 0.682. The lowest BCUT2D eigenvalue weighted by molar-refractivity contribution is -0.116.